The first-order valence-corrected chi connectivity index (χ1v) is 6.23. The molecule has 0 radical (unpaired) electrons. The van der Waals surface area contributed by atoms with Gasteiger partial charge >= 0.3 is 5.97 Å². The van der Waals surface area contributed by atoms with Crippen LogP contribution in [0.5, 0.6) is 5.75 Å². The number of hydrogen-bond donors (Lipinski definition) is 2. The summed E-state index contributed by atoms with van der Waals surface area (Å²) in [6, 6.07) is 3.84. The summed E-state index contributed by atoms with van der Waals surface area (Å²) in [5, 5.41) is 12.5. The number of rotatable bonds is 6. The van der Waals surface area contributed by atoms with Gasteiger partial charge in [-0.2, -0.15) is 0 Å². The molecule has 0 bridgehead atoms. The Balaban J connectivity index is 2.70. The Morgan fingerprint density at radius 3 is 2.74 bits per heavy atom. The van der Waals surface area contributed by atoms with Gasteiger partial charge in [0.25, 0.3) is 0 Å². The standard InChI is InChI=1S/C14H20FNO3/c1-9(2)7-12(14(18)19-3)16-8-10-5-4-6-11(15)13(10)17/h4-6,9,12,16-17H,7-8H2,1-3H3. The molecule has 1 aromatic rings. The Morgan fingerprint density at radius 1 is 1.47 bits per heavy atom. The minimum absolute atomic E-state index is 0.204. The molecule has 1 aromatic carbocycles. The molecule has 0 spiro atoms. The van der Waals surface area contributed by atoms with E-state index < -0.39 is 11.9 Å². The minimum Gasteiger partial charge on any atom is -0.505 e. The SMILES string of the molecule is COC(=O)C(CC(C)C)NCc1cccc(F)c1O. The van der Waals surface area contributed by atoms with E-state index in [2.05, 4.69) is 5.32 Å². The molecule has 1 rings (SSSR count). The van der Waals surface area contributed by atoms with E-state index in [9.17, 15) is 14.3 Å². The molecule has 0 heterocycles. The maximum Gasteiger partial charge on any atom is 0.322 e. The molecule has 0 aliphatic carbocycles. The summed E-state index contributed by atoms with van der Waals surface area (Å²) < 4.78 is 17.9. The third-order valence-corrected chi connectivity index (χ3v) is 2.80. The molecule has 0 aromatic heterocycles. The van der Waals surface area contributed by atoms with Crippen molar-refractivity contribution < 1.29 is 19.0 Å². The molecule has 0 fully saturated rings. The summed E-state index contributed by atoms with van der Waals surface area (Å²) in [7, 11) is 1.33. The van der Waals surface area contributed by atoms with Gasteiger partial charge in [0.1, 0.15) is 6.04 Å². The highest BCUT2D eigenvalue weighted by Gasteiger charge is 2.20. The Kier molecular flexibility index (Phi) is 5.76. The van der Waals surface area contributed by atoms with Crippen LogP contribution < -0.4 is 5.32 Å². The first-order chi connectivity index (χ1) is 8.95. The van der Waals surface area contributed by atoms with Crippen LogP contribution >= 0.6 is 0 Å². The van der Waals surface area contributed by atoms with Crippen LogP contribution in [0.1, 0.15) is 25.8 Å². The lowest BCUT2D eigenvalue weighted by Crippen LogP contribution is -2.38. The number of ether oxygens (including phenoxy) is 1. The van der Waals surface area contributed by atoms with Gasteiger partial charge in [-0.25, -0.2) is 4.39 Å². The van der Waals surface area contributed by atoms with Crippen molar-refractivity contribution in [2.24, 2.45) is 5.92 Å². The molecule has 19 heavy (non-hydrogen) atoms. The lowest BCUT2D eigenvalue weighted by molar-refractivity contribution is -0.143. The van der Waals surface area contributed by atoms with Gasteiger partial charge < -0.3 is 15.2 Å². The Bertz CT molecular complexity index is 435. The number of para-hydroxylation sites is 1. The highest BCUT2D eigenvalue weighted by atomic mass is 19.1. The number of nitrogens with one attached hydrogen (secondary N) is 1. The molecule has 0 aliphatic heterocycles. The van der Waals surface area contributed by atoms with Gasteiger partial charge in [-0.1, -0.05) is 26.0 Å². The van der Waals surface area contributed by atoms with E-state index in [1.165, 1.54) is 19.2 Å². The largest absolute Gasteiger partial charge is 0.505 e. The lowest BCUT2D eigenvalue weighted by Gasteiger charge is -2.18. The van der Waals surface area contributed by atoms with E-state index in [1.54, 1.807) is 6.07 Å². The topological polar surface area (TPSA) is 58.6 Å². The van der Waals surface area contributed by atoms with Crippen molar-refractivity contribution in [3.8, 4) is 5.75 Å². The predicted octanol–water partition coefficient (Wildman–Crippen LogP) is 2.21. The fraction of sp³-hybridized carbons (Fsp3) is 0.500. The number of aromatic hydroxyl groups is 1. The maximum absolute atomic E-state index is 13.2. The third-order valence-electron chi connectivity index (χ3n) is 2.80. The summed E-state index contributed by atoms with van der Waals surface area (Å²) in [6.45, 7) is 4.20. The van der Waals surface area contributed by atoms with Crippen LogP contribution in [0, 0.1) is 11.7 Å². The van der Waals surface area contributed by atoms with Gasteiger partial charge in [0.05, 0.1) is 7.11 Å². The third kappa shape index (κ3) is 4.52. The first kappa shape index (κ1) is 15.4. The van der Waals surface area contributed by atoms with Crippen molar-refractivity contribution in [1.29, 1.82) is 0 Å². The van der Waals surface area contributed by atoms with Crippen LogP contribution in [0.15, 0.2) is 18.2 Å². The molecule has 0 saturated carbocycles. The first-order valence-electron chi connectivity index (χ1n) is 6.23. The molecule has 0 amide bonds. The van der Waals surface area contributed by atoms with Crippen LogP contribution in [-0.4, -0.2) is 24.2 Å². The monoisotopic (exact) mass is 269 g/mol. The van der Waals surface area contributed by atoms with E-state index in [4.69, 9.17) is 4.74 Å². The highest BCUT2D eigenvalue weighted by Crippen LogP contribution is 2.20. The number of halogens is 1. The minimum atomic E-state index is -0.669. The van der Waals surface area contributed by atoms with Crippen molar-refractivity contribution in [3.63, 3.8) is 0 Å². The maximum atomic E-state index is 13.2. The Hall–Kier alpha value is -1.62. The number of phenols is 1. The number of carbonyl (C=O) groups is 1. The zero-order valence-corrected chi connectivity index (χ0v) is 11.4. The average Bonchev–Trinajstić information content (AvgIpc) is 2.37. The van der Waals surface area contributed by atoms with Gasteiger partial charge in [-0.3, -0.25) is 4.79 Å². The summed E-state index contributed by atoms with van der Waals surface area (Å²) in [5.74, 6) is -1.09. The Morgan fingerprint density at radius 2 is 2.16 bits per heavy atom. The summed E-state index contributed by atoms with van der Waals surface area (Å²) in [5.41, 5.74) is 0.414. The van der Waals surface area contributed by atoms with E-state index in [0.717, 1.165) is 0 Å². The zero-order valence-electron chi connectivity index (χ0n) is 11.4. The van der Waals surface area contributed by atoms with Crippen molar-refractivity contribution in [3.05, 3.63) is 29.6 Å². The molecular formula is C14H20FNO3. The summed E-state index contributed by atoms with van der Waals surface area (Å²) in [4.78, 5) is 11.6. The lowest BCUT2D eigenvalue weighted by atomic mass is 10.0. The fourth-order valence-electron chi connectivity index (χ4n) is 1.81. The van der Waals surface area contributed by atoms with Crippen LogP contribution in [-0.2, 0) is 16.1 Å². The molecule has 4 nitrogen and oxygen atoms in total. The van der Waals surface area contributed by atoms with Crippen molar-refractivity contribution >= 4 is 5.97 Å². The predicted molar refractivity (Wildman–Crippen MR) is 70.2 cm³/mol. The van der Waals surface area contributed by atoms with Gasteiger partial charge in [0.2, 0.25) is 0 Å². The van der Waals surface area contributed by atoms with Crippen LogP contribution in [0.25, 0.3) is 0 Å². The van der Waals surface area contributed by atoms with Gasteiger partial charge in [0.15, 0.2) is 11.6 Å². The number of methoxy groups -OCH3 is 1. The van der Waals surface area contributed by atoms with Crippen LogP contribution in [0.3, 0.4) is 0 Å². The average molecular weight is 269 g/mol. The van der Waals surface area contributed by atoms with E-state index in [-0.39, 0.29) is 18.3 Å². The Labute approximate surface area is 112 Å². The molecule has 0 saturated heterocycles. The zero-order chi connectivity index (χ0) is 14.4. The number of benzene rings is 1. The molecular weight excluding hydrogens is 249 g/mol. The van der Waals surface area contributed by atoms with Crippen LogP contribution in [0.2, 0.25) is 0 Å². The number of phenolic OH excluding ortho intramolecular Hbond substituents is 1. The highest BCUT2D eigenvalue weighted by molar-refractivity contribution is 5.75. The second-order valence-electron chi connectivity index (χ2n) is 4.83. The van der Waals surface area contributed by atoms with Crippen molar-refractivity contribution in [2.45, 2.75) is 32.9 Å². The second kappa shape index (κ2) is 7.09. The number of carbonyl (C=O) groups excluding carboxylic acids is 1. The van der Waals surface area contributed by atoms with Crippen molar-refractivity contribution in [1.82, 2.24) is 5.32 Å². The van der Waals surface area contributed by atoms with Crippen LogP contribution in [0.4, 0.5) is 4.39 Å². The molecule has 1 atom stereocenters. The normalized spacial score (nSPS) is 12.5. The fourth-order valence-corrected chi connectivity index (χ4v) is 1.81. The molecule has 106 valence electrons. The molecule has 1 unspecified atom stereocenters. The van der Waals surface area contributed by atoms with Gasteiger partial charge in [0, 0.05) is 12.1 Å². The van der Waals surface area contributed by atoms with Crippen molar-refractivity contribution in [2.75, 3.05) is 7.11 Å². The molecule has 2 N–H and O–H groups in total. The summed E-state index contributed by atoms with van der Waals surface area (Å²) in [6.07, 6.45) is 0.614. The quantitative estimate of drug-likeness (QED) is 0.777. The number of esters is 1. The van der Waals surface area contributed by atoms with E-state index in [0.29, 0.717) is 17.9 Å². The molecule has 0 aliphatic rings. The van der Waals surface area contributed by atoms with E-state index in [1.807, 2.05) is 13.8 Å². The second-order valence-corrected chi connectivity index (χ2v) is 4.83. The molecule has 5 heteroatoms. The van der Waals surface area contributed by atoms with Gasteiger partial charge in [-0.05, 0) is 18.4 Å². The summed E-state index contributed by atoms with van der Waals surface area (Å²) >= 11 is 0. The van der Waals surface area contributed by atoms with Gasteiger partial charge in [-0.15, -0.1) is 0 Å². The smallest absolute Gasteiger partial charge is 0.322 e. The number of hydrogen-bond acceptors (Lipinski definition) is 4. The van der Waals surface area contributed by atoms with E-state index >= 15 is 0 Å².